The largest absolute Gasteiger partial charge is 0.450 e. The zero-order valence-electron chi connectivity index (χ0n) is 13.2. The molecule has 130 valence electrons. The van der Waals surface area contributed by atoms with Gasteiger partial charge in [0.1, 0.15) is 0 Å². The van der Waals surface area contributed by atoms with Crippen LogP contribution >= 0.6 is 24.4 Å². The standard InChI is InChI=1S/C14H18N4O4S2/c1-3-21-13(19)17-11(23)15-9-7-5-6-8-10(9)16-12(24)18-14(20)22-4-2/h5-8H,3-4H2,1-2H3,(H2,15,17,19,23)(H2,16,18,20,24). The van der Waals surface area contributed by atoms with E-state index in [1.165, 1.54) is 0 Å². The maximum absolute atomic E-state index is 11.3. The number of benzene rings is 1. The van der Waals surface area contributed by atoms with Gasteiger partial charge in [-0.1, -0.05) is 12.1 Å². The molecule has 0 aromatic heterocycles. The highest BCUT2D eigenvalue weighted by Gasteiger charge is 2.10. The Morgan fingerprint density at radius 2 is 1.25 bits per heavy atom. The van der Waals surface area contributed by atoms with Gasteiger partial charge in [-0.2, -0.15) is 0 Å². The molecule has 0 aliphatic heterocycles. The maximum Gasteiger partial charge on any atom is 0.413 e. The van der Waals surface area contributed by atoms with Crippen LogP contribution in [0.5, 0.6) is 0 Å². The molecule has 0 aliphatic rings. The molecule has 0 fully saturated rings. The number of alkyl carbamates (subject to hydrolysis) is 2. The molecule has 8 nitrogen and oxygen atoms in total. The molecule has 0 radical (unpaired) electrons. The summed E-state index contributed by atoms with van der Waals surface area (Å²) in [5.74, 6) is 0. The van der Waals surface area contributed by atoms with Crippen LogP contribution in [0.25, 0.3) is 0 Å². The van der Waals surface area contributed by atoms with E-state index in [0.29, 0.717) is 11.4 Å². The lowest BCUT2D eigenvalue weighted by atomic mass is 10.2. The first-order valence-corrected chi connectivity index (χ1v) is 7.86. The van der Waals surface area contributed by atoms with Crippen LogP contribution < -0.4 is 21.3 Å². The van der Waals surface area contributed by atoms with Gasteiger partial charge in [-0.25, -0.2) is 9.59 Å². The average Bonchev–Trinajstić information content (AvgIpc) is 2.49. The number of thiocarbonyl (C=S) groups is 2. The highest BCUT2D eigenvalue weighted by atomic mass is 32.1. The lowest BCUT2D eigenvalue weighted by Gasteiger charge is -2.15. The molecule has 0 saturated carbocycles. The Bertz CT molecular complexity index is 572. The molecule has 2 amide bonds. The van der Waals surface area contributed by atoms with E-state index < -0.39 is 12.2 Å². The van der Waals surface area contributed by atoms with Crippen molar-refractivity contribution in [2.45, 2.75) is 13.8 Å². The summed E-state index contributed by atoms with van der Waals surface area (Å²) in [5, 5.41) is 10.5. The molecule has 4 N–H and O–H groups in total. The van der Waals surface area contributed by atoms with Gasteiger partial charge in [0.05, 0.1) is 24.6 Å². The Morgan fingerprint density at radius 1 is 0.875 bits per heavy atom. The zero-order chi connectivity index (χ0) is 17.9. The number of nitrogens with one attached hydrogen (secondary N) is 4. The van der Waals surface area contributed by atoms with Crippen molar-refractivity contribution in [2.24, 2.45) is 0 Å². The summed E-state index contributed by atoms with van der Waals surface area (Å²) in [6.45, 7) is 3.85. The van der Waals surface area contributed by atoms with Crippen molar-refractivity contribution < 1.29 is 19.1 Å². The van der Waals surface area contributed by atoms with E-state index in [1.54, 1.807) is 38.1 Å². The summed E-state index contributed by atoms with van der Waals surface area (Å²) >= 11 is 10.1. The predicted octanol–water partition coefficient (Wildman–Crippen LogP) is 2.57. The Balaban J connectivity index is 2.67. The fraction of sp³-hybridized carbons (Fsp3) is 0.286. The number of ether oxygens (including phenoxy) is 2. The predicted molar refractivity (Wildman–Crippen MR) is 99.2 cm³/mol. The van der Waals surface area contributed by atoms with Gasteiger partial charge in [0.25, 0.3) is 0 Å². The normalized spacial score (nSPS) is 9.42. The van der Waals surface area contributed by atoms with Gasteiger partial charge in [-0.3, -0.25) is 10.6 Å². The summed E-state index contributed by atoms with van der Waals surface area (Å²) in [6, 6.07) is 6.97. The van der Waals surface area contributed by atoms with E-state index in [4.69, 9.17) is 33.9 Å². The van der Waals surface area contributed by atoms with Gasteiger partial charge in [0.15, 0.2) is 10.2 Å². The molecule has 0 atom stereocenters. The number of carbonyl (C=O) groups excluding carboxylic acids is 2. The topological polar surface area (TPSA) is 101 Å². The fourth-order valence-electron chi connectivity index (χ4n) is 1.53. The van der Waals surface area contributed by atoms with Gasteiger partial charge in [0, 0.05) is 0 Å². The summed E-state index contributed by atoms with van der Waals surface area (Å²) in [7, 11) is 0. The number of rotatable bonds is 4. The lowest BCUT2D eigenvalue weighted by Crippen LogP contribution is -2.36. The molecular weight excluding hydrogens is 352 g/mol. The van der Waals surface area contributed by atoms with Gasteiger partial charge in [-0.15, -0.1) is 0 Å². The van der Waals surface area contributed by atoms with Crippen molar-refractivity contribution in [3.8, 4) is 0 Å². The van der Waals surface area contributed by atoms with Gasteiger partial charge >= 0.3 is 12.2 Å². The second-order valence-electron chi connectivity index (χ2n) is 4.14. The smallest absolute Gasteiger partial charge is 0.413 e. The molecule has 0 heterocycles. The minimum absolute atomic E-state index is 0.0620. The van der Waals surface area contributed by atoms with E-state index in [2.05, 4.69) is 21.3 Å². The van der Waals surface area contributed by atoms with Gasteiger partial charge < -0.3 is 20.1 Å². The highest BCUT2D eigenvalue weighted by Crippen LogP contribution is 2.20. The number of para-hydroxylation sites is 2. The van der Waals surface area contributed by atoms with Crippen LogP contribution in [0.3, 0.4) is 0 Å². The van der Waals surface area contributed by atoms with E-state index in [9.17, 15) is 9.59 Å². The van der Waals surface area contributed by atoms with Crippen molar-refractivity contribution in [2.75, 3.05) is 23.8 Å². The Labute approximate surface area is 150 Å². The molecule has 0 spiro atoms. The number of anilines is 2. The quantitative estimate of drug-likeness (QED) is 0.600. The Morgan fingerprint density at radius 3 is 1.58 bits per heavy atom. The summed E-state index contributed by atoms with van der Waals surface area (Å²) < 4.78 is 9.47. The second kappa shape index (κ2) is 10.3. The highest BCUT2D eigenvalue weighted by molar-refractivity contribution is 7.80. The van der Waals surface area contributed by atoms with Crippen LogP contribution in [0.15, 0.2) is 24.3 Å². The lowest BCUT2D eigenvalue weighted by molar-refractivity contribution is 0.157. The van der Waals surface area contributed by atoms with Crippen LogP contribution in [-0.2, 0) is 9.47 Å². The van der Waals surface area contributed by atoms with Crippen LogP contribution in [-0.4, -0.2) is 35.6 Å². The van der Waals surface area contributed by atoms with Gasteiger partial charge in [-0.05, 0) is 50.4 Å². The molecule has 0 unspecified atom stereocenters. The first-order chi connectivity index (χ1) is 11.5. The van der Waals surface area contributed by atoms with E-state index in [-0.39, 0.29) is 23.4 Å². The van der Waals surface area contributed by atoms with Crippen LogP contribution in [0.1, 0.15) is 13.8 Å². The molecular formula is C14H18N4O4S2. The third-order valence-electron chi connectivity index (χ3n) is 2.41. The van der Waals surface area contributed by atoms with Crippen molar-refractivity contribution in [1.29, 1.82) is 0 Å². The van der Waals surface area contributed by atoms with Crippen molar-refractivity contribution in [3.63, 3.8) is 0 Å². The maximum atomic E-state index is 11.3. The SMILES string of the molecule is CCOC(=O)NC(=S)Nc1ccccc1NC(=S)NC(=O)OCC. The molecule has 0 aliphatic carbocycles. The van der Waals surface area contributed by atoms with E-state index >= 15 is 0 Å². The zero-order valence-corrected chi connectivity index (χ0v) is 14.8. The Kier molecular flexibility index (Phi) is 8.44. The third kappa shape index (κ3) is 7.20. The first-order valence-electron chi connectivity index (χ1n) is 7.04. The molecule has 1 aromatic rings. The molecule has 1 rings (SSSR count). The molecule has 0 bridgehead atoms. The minimum Gasteiger partial charge on any atom is -0.450 e. The molecule has 0 saturated heterocycles. The summed E-state index contributed by atoms with van der Waals surface area (Å²) in [4.78, 5) is 22.7. The van der Waals surface area contributed by atoms with Crippen LogP contribution in [0, 0.1) is 0 Å². The van der Waals surface area contributed by atoms with Crippen molar-refractivity contribution >= 4 is 58.2 Å². The molecule has 24 heavy (non-hydrogen) atoms. The monoisotopic (exact) mass is 370 g/mol. The third-order valence-corrected chi connectivity index (χ3v) is 2.81. The Hall–Kier alpha value is -2.46. The van der Waals surface area contributed by atoms with E-state index in [1.807, 2.05) is 0 Å². The minimum atomic E-state index is -0.653. The molecule has 1 aromatic carbocycles. The number of hydrogen-bond acceptors (Lipinski definition) is 6. The summed E-state index contributed by atoms with van der Waals surface area (Å²) in [5.41, 5.74) is 1.10. The van der Waals surface area contributed by atoms with E-state index in [0.717, 1.165) is 0 Å². The van der Waals surface area contributed by atoms with Crippen LogP contribution in [0.2, 0.25) is 0 Å². The average molecular weight is 370 g/mol. The number of hydrogen-bond donors (Lipinski definition) is 4. The fourth-order valence-corrected chi connectivity index (χ4v) is 1.91. The second-order valence-corrected chi connectivity index (χ2v) is 4.96. The van der Waals surface area contributed by atoms with Crippen LogP contribution in [0.4, 0.5) is 21.0 Å². The van der Waals surface area contributed by atoms with Gasteiger partial charge in [0.2, 0.25) is 0 Å². The number of carbonyl (C=O) groups is 2. The van der Waals surface area contributed by atoms with Crippen molar-refractivity contribution in [3.05, 3.63) is 24.3 Å². The summed E-state index contributed by atoms with van der Waals surface area (Å²) in [6.07, 6.45) is -1.31. The van der Waals surface area contributed by atoms with Crippen molar-refractivity contribution in [1.82, 2.24) is 10.6 Å². The molecule has 10 heteroatoms. The number of amides is 2. The first kappa shape index (κ1) is 19.6.